The first-order valence-corrected chi connectivity index (χ1v) is 10.1. The maximum absolute atomic E-state index is 11.1. The van der Waals surface area contributed by atoms with Gasteiger partial charge in [0.1, 0.15) is 11.7 Å². The van der Waals surface area contributed by atoms with Crippen LogP contribution in [0.25, 0.3) is 11.0 Å². The van der Waals surface area contributed by atoms with Crippen LogP contribution in [0.3, 0.4) is 0 Å². The highest BCUT2D eigenvalue weighted by molar-refractivity contribution is 5.80. The van der Waals surface area contributed by atoms with Crippen molar-refractivity contribution in [1.82, 2.24) is 24.6 Å². The maximum atomic E-state index is 11.1. The van der Waals surface area contributed by atoms with E-state index in [-0.39, 0.29) is 12.0 Å². The summed E-state index contributed by atoms with van der Waals surface area (Å²) in [6.07, 6.45) is 5.10. The van der Waals surface area contributed by atoms with Crippen LogP contribution in [0.1, 0.15) is 24.4 Å². The lowest BCUT2D eigenvalue weighted by molar-refractivity contribution is -0.0523. The van der Waals surface area contributed by atoms with Gasteiger partial charge in [-0.3, -0.25) is 0 Å². The van der Waals surface area contributed by atoms with E-state index in [1.54, 1.807) is 6.20 Å². The molecule has 0 aliphatic carbocycles. The van der Waals surface area contributed by atoms with Crippen molar-refractivity contribution >= 4 is 17.1 Å². The van der Waals surface area contributed by atoms with Crippen LogP contribution in [0.5, 0.6) is 5.88 Å². The van der Waals surface area contributed by atoms with Crippen molar-refractivity contribution in [2.45, 2.75) is 31.6 Å². The highest BCUT2D eigenvalue weighted by Crippen LogP contribution is 2.30. The van der Waals surface area contributed by atoms with Crippen molar-refractivity contribution in [3.05, 3.63) is 60.6 Å². The van der Waals surface area contributed by atoms with Crippen LogP contribution in [0.4, 0.5) is 4.79 Å². The number of benzene rings is 1. The molecule has 5 rings (SSSR count). The first-order chi connectivity index (χ1) is 15.2. The molecule has 0 bridgehead atoms. The summed E-state index contributed by atoms with van der Waals surface area (Å²) in [6, 6.07) is 9.98. The standard InChI is InChI=1S/C21H21N5O5/c27-21(28)25-8-6-15(7-9-25)26-19-16(11-24-26)20(23-13-22-19)31-18-12-29-17(30-18)10-14-4-2-1-3-5-14/h1-5,11-13,15,17H,6-10H2,(H,27,28). The van der Waals surface area contributed by atoms with Crippen molar-refractivity contribution in [2.75, 3.05) is 13.1 Å². The zero-order valence-corrected chi connectivity index (χ0v) is 16.6. The molecular formula is C21H21N5O5. The molecule has 1 unspecified atom stereocenters. The number of likely N-dealkylation sites (tertiary alicyclic amines) is 1. The molecule has 160 valence electrons. The van der Waals surface area contributed by atoms with Crippen LogP contribution < -0.4 is 4.74 Å². The summed E-state index contributed by atoms with van der Waals surface area (Å²) in [5, 5.41) is 14.3. The summed E-state index contributed by atoms with van der Waals surface area (Å²) in [6.45, 7) is 0.938. The molecule has 3 aromatic rings. The van der Waals surface area contributed by atoms with E-state index in [1.165, 1.54) is 17.5 Å². The summed E-state index contributed by atoms with van der Waals surface area (Å²) >= 11 is 0. The normalized spacial score (nSPS) is 19.0. The van der Waals surface area contributed by atoms with Crippen LogP contribution in [-0.2, 0) is 15.9 Å². The second kappa shape index (κ2) is 8.13. The monoisotopic (exact) mass is 423 g/mol. The minimum absolute atomic E-state index is 0.0661. The summed E-state index contributed by atoms with van der Waals surface area (Å²) in [5.74, 6) is 0.554. The van der Waals surface area contributed by atoms with Crippen molar-refractivity contribution in [3.8, 4) is 5.88 Å². The van der Waals surface area contributed by atoms with Gasteiger partial charge >= 0.3 is 12.0 Å². The van der Waals surface area contributed by atoms with Gasteiger partial charge in [0.15, 0.2) is 11.9 Å². The number of carbonyl (C=O) groups is 1. The van der Waals surface area contributed by atoms with Crippen molar-refractivity contribution in [3.63, 3.8) is 0 Å². The number of amides is 1. The fraction of sp³-hybridized carbons (Fsp3) is 0.333. The average Bonchev–Trinajstić information content (AvgIpc) is 3.42. The third-order valence-electron chi connectivity index (χ3n) is 5.44. The number of hydrogen-bond donors (Lipinski definition) is 1. The molecule has 2 aromatic heterocycles. The SMILES string of the molecule is O=C(O)N1CCC(n2ncc3c(OC4=COC(Cc5ccccc5)O4)ncnc32)CC1. The third-order valence-corrected chi connectivity index (χ3v) is 5.44. The topological polar surface area (TPSA) is 112 Å². The predicted molar refractivity (Wildman–Crippen MR) is 108 cm³/mol. The lowest BCUT2D eigenvalue weighted by Gasteiger charge is -2.30. The average molecular weight is 423 g/mol. The molecule has 1 N–H and O–H groups in total. The molecule has 4 heterocycles. The summed E-state index contributed by atoms with van der Waals surface area (Å²) < 4.78 is 19.0. The van der Waals surface area contributed by atoms with Crippen LogP contribution in [0.15, 0.2) is 55.1 Å². The minimum atomic E-state index is -0.889. The quantitative estimate of drug-likeness (QED) is 0.667. The lowest BCUT2D eigenvalue weighted by Crippen LogP contribution is -2.38. The Morgan fingerprint density at radius 2 is 2.00 bits per heavy atom. The van der Waals surface area contributed by atoms with Crippen molar-refractivity contribution < 1.29 is 24.1 Å². The smallest absolute Gasteiger partial charge is 0.407 e. The number of hydrogen-bond acceptors (Lipinski definition) is 7. The lowest BCUT2D eigenvalue weighted by atomic mass is 10.1. The van der Waals surface area contributed by atoms with Gasteiger partial charge < -0.3 is 24.2 Å². The van der Waals surface area contributed by atoms with Gasteiger partial charge in [-0.2, -0.15) is 5.10 Å². The molecule has 0 saturated carbocycles. The van der Waals surface area contributed by atoms with Gasteiger partial charge in [0.25, 0.3) is 0 Å². The Hall–Kier alpha value is -3.82. The van der Waals surface area contributed by atoms with Gasteiger partial charge in [-0.25, -0.2) is 19.4 Å². The summed E-state index contributed by atoms with van der Waals surface area (Å²) in [4.78, 5) is 21.1. The van der Waals surface area contributed by atoms with Gasteiger partial charge in [-0.15, -0.1) is 0 Å². The second-order valence-electron chi connectivity index (χ2n) is 7.42. The van der Waals surface area contributed by atoms with Gasteiger partial charge in [0, 0.05) is 19.5 Å². The first kappa shape index (κ1) is 19.2. The Bertz CT molecular complexity index is 1110. The van der Waals surface area contributed by atoms with Crippen molar-refractivity contribution in [2.24, 2.45) is 0 Å². The zero-order chi connectivity index (χ0) is 21.2. The Labute approximate surface area is 177 Å². The number of rotatable bonds is 5. The molecule has 0 spiro atoms. The third kappa shape index (κ3) is 3.96. The summed E-state index contributed by atoms with van der Waals surface area (Å²) in [5.41, 5.74) is 1.74. The maximum Gasteiger partial charge on any atom is 0.407 e. The Kier molecular flexibility index (Phi) is 5.03. The van der Waals surface area contributed by atoms with Gasteiger partial charge in [-0.05, 0) is 18.4 Å². The Balaban J connectivity index is 1.27. The van der Waals surface area contributed by atoms with E-state index in [1.807, 2.05) is 35.0 Å². The van der Waals surface area contributed by atoms with Crippen LogP contribution >= 0.6 is 0 Å². The molecular weight excluding hydrogens is 402 g/mol. The second-order valence-corrected chi connectivity index (χ2v) is 7.42. The van der Waals surface area contributed by atoms with E-state index < -0.39 is 12.4 Å². The highest BCUT2D eigenvalue weighted by Gasteiger charge is 2.27. The molecule has 1 atom stereocenters. The van der Waals surface area contributed by atoms with Gasteiger partial charge in [0.2, 0.25) is 12.2 Å². The number of nitrogens with zero attached hydrogens (tertiary/aromatic N) is 5. The Morgan fingerprint density at radius 1 is 1.19 bits per heavy atom. The largest absolute Gasteiger partial charge is 0.465 e. The number of piperidine rings is 1. The fourth-order valence-electron chi connectivity index (χ4n) is 3.85. The van der Waals surface area contributed by atoms with E-state index in [9.17, 15) is 4.79 Å². The first-order valence-electron chi connectivity index (χ1n) is 10.1. The number of fused-ring (bicyclic) bond motifs is 1. The highest BCUT2D eigenvalue weighted by atomic mass is 16.8. The van der Waals surface area contributed by atoms with E-state index in [2.05, 4.69) is 15.1 Å². The van der Waals surface area contributed by atoms with E-state index in [0.29, 0.717) is 49.3 Å². The van der Waals surface area contributed by atoms with E-state index in [0.717, 1.165) is 5.56 Å². The fourth-order valence-corrected chi connectivity index (χ4v) is 3.85. The van der Waals surface area contributed by atoms with Gasteiger partial charge in [-0.1, -0.05) is 30.3 Å². The number of aromatic nitrogens is 4. The molecule has 1 amide bonds. The molecule has 2 aliphatic heterocycles. The van der Waals surface area contributed by atoms with Gasteiger partial charge in [0.05, 0.1) is 12.2 Å². The Morgan fingerprint density at radius 3 is 2.77 bits per heavy atom. The molecule has 31 heavy (non-hydrogen) atoms. The van der Waals surface area contributed by atoms with Crippen LogP contribution in [-0.4, -0.2) is 55.2 Å². The zero-order valence-electron chi connectivity index (χ0n) is 16.6. The molecule has 10 nitrogen and oxygen atoms in total. The molecule has 1 saturated heterocycles. The molecule has 2 aliphatic rings. The molecule has 10 heteroatoms. The molecule has 1 aromatic carbocycles. The van der Waals surface area contributed by atoms with E-state index >= 15 is 0 Å². The summed E-state index contributed by atoms with van der Waals surface area (Å²) in [7, 11) is 0. The van der Waals surface area contributed by atoms with E-state index in [4.69, 9.17) is 19.3 Å². The predicted octanol–water partition coefficient (Wildman–Crippen LogP) is 2.93. The molecule has 0 radical (unpaired) electrons. The van der Waals surface area contributed by atoms with Crippen molar-refractivity contribution in [1.29, 1.82) is 0 Å². The molecule has 1 fully saturated rings. The number of ether oxygens (including phenoxy) is 3. The minimum Gasteiger partial charge on any atom is -0.465 e. The van der Waals surface area contributed by atoms with Crippen LogP contribution in [0, 0.1) is 0 Å². The van der Waals surface area contributed by atoms with Crippen LogP contribution in [0.2, 0.25) is 0 Å². The number of carboxylic acid groups (broad SMARTS) is 1.